The molecule has 1 amide bonds. The first-order chi connectivity index (χ1) is 9.66. The molecule has 0 aromatic heterocycles. The number of carbonyl (C=O) groups excluding carboxylic acids is 2. The normalized spacial score (nSPS) is 10.8. The number of nitrogens with two attached hydrogens (primary N) is 1. The van der Waals surface area contributed by atoms with Crippen LogP contribution in [-0.2, 0) is 9.53 Å². The van der Waals surface area contributed by atoms with E-state index in [9.17, 15) is 19.7 Å². The number of benzene rings is 1. The van der Waals surface area contributed by atoms with Crippen molar-refractivity contribution in [1.29, 1.82) is 0 Å². The fourth-order valence-electron chi connectivity index (χ4n) is 1.88. The summed E-state index contributed by atoms with van der Waals surface area (Å²) in [6.45, 7) is 3.35. The van der Waals surface area contributed by atoms with Gasteiger partial charge in [0.1, 0.15) is 5.69 Å². The number of primary amides is 1. The molecule has 0 aliphatic rings. The minimum atomic E-state index is -0.800. The molecule has 0 saturated heterocycles. The lowest BCUT2D eigenvalue weighted by Crippen LogP contribution is -2.36. The Morgan fingerprint density at radius 1 is 1.43 bits per heavy atom. The average molecular weight is 295 g/mol. The fraction of sp³-hybridized carbons (Fsp3) is 0.385. The van der Waals surface area contributed by atoms with E-state index in [4.69, 9.17) is 5.73 Å². The van der Waals surface area contributed by atoms with Gasteiger partial charge >= 0.3 is 5.97 Å². The summed E-state index contributed by atoms with van der Waals surface area (Å²) in [7, 11) is 1.22. The highest BCUT2D eigenvalue weighted by Gasteiger charge is 2.25. The molecule has 1 rings (SSSR count). The molecule has 0 unspecified atom stereocenters. The Morgan fingerprint density at radius 3 is 2.52 bits per heavy atom. The van der Waals surface area contributed by atoms with E-state index in [1.807, 2.05) is 0 Å². The minimum Gasteiger partial charge on any atom is -0.465 e. The molecule has 0 heterocycles. The number of carbonyl (C=O) groups is 2. The summed E-state index contributed by atoms with van der Waals surface area (Å²) >= 11 is 0. The highest BCUT2D eigenvalue weighted by atomic mass is 16.6. The van der Waals surface area contributed by atoms with E-state index in [1.165, 1.54) is 25.3 Å². The van der Waals surface area contributed by atoms with Crippen LogP contribution in [0.4, 0.5) is 11.4 Å². The number of nitrogens with zero attached hydrogens (tertiary/aromatic N) is 1. The molecule has 0 fully saturated rings. The van der Waals surface area contributed by atoms with Crippen LogP contribution in [0.15, 0.2) is 18.2 Å². The highest BCUT2D eigenvalue weighted by molar-refractivity contribution is 5.91. The highest BCUT2D eigenvalue weighted by Crippen LogP contribution is 2.29. The Labute approximate surface area is 121 Å². The zero-order valence-corrected chi connectivity index (χ0v) is 12.0. The maximum absolute atomic E-state index is 11.5. The molecule has 0 aliphatic heterocycles. The molecule has 0 radical (unpaired) electrons. The third kappa shape index (κ3) is 4.44. The van der Waals surface area contributed by atoms with E-state index in [-0.39, 0.29) is 23.4 Å². The van der Waals surface area contributed by atoms with Gasteiger partial charge in [0.2, 0.25) is 5.91 Å². The number of esters is 1. The second kappa shape index (κ2) is 6.21. The van der Waals surface area contributed by atoms with E-state index in [0.717, 1.165) is 0 Å². The summed E-state index contributed by atoms with van der Waals surface area (Å²) in [6.07, 6.45) is -0.0212. The van der Waals surface area contributed by atoms with E-state index in [0.29, 0.717) is 0 Å². The van der Waals surface area contributed by atoms with Gasteiger partial charge in [-0.2, -0.15) is 0 Å². The van der Waals surface area contributed by atoms with Crippen molar-refractivity contribution < 1.29 is 19.2 Å². The quantitative estimate of drug-likeness (QED) is 0.465. The summed E-state index contributed by atoms with van der Waals surface area (Å²) in [5.41, 5.74) is 4.42. The number of anilines is 1. The number of hydrogen-bond donors (Lipinski definition) is 2. The van der Waals surface area contributed by atoms with E-state index in [2.05, 4.69) is 10.1 Å². The lowest BCUT2D eigenvalue weighted by atomic mass is 9.99. The second-order valence-electron chi connectivity index (χ2n) is 5.13. The van der Waals surface area contributed by atoms with Gasteiger partial charge in [0.05, 0.1) is 17.6 Å². The van der Waals surface area contributed by atoms with Gasteiger partial charge in [0.15, 0.2) is 0 Å². The topological polar surface area (TPSA) is 125 Å². The number of nitrogens with one attached hydrogen (secondary N) is 1. The van der Waals surface area contributed by atoms with Crippen LogP contribution in [0, 0.1) is 10.1 Å². The first-order valence-electron chi connectivity index (χ1n) is 6.09. The Morgan fingerprint density at radius 2 is 2.05 bits per heavy atom. The van der Waals surface area contributed by atoms with Crippen LogP contribution in [0.5, 0.6) is 0 Å². The van der Waals surface area contributed by atoms with Crippen molar-refractivity contribution in [1.82, 2.24) is 0 Å². The maximum atomic E-state index is 11.5. The third-order valence-electron chi connectivity index (χ3n) is 2.70. The average Bonchev–Trinajstić information content (AvgIpc) is 2.35. The van der Waals surface area contributed by atoms with Crippen molar-refractivity contribution in [3.8, 4) is 0 Å². The van der Waals surface area contributed by atoms with Crippen LogP contribution in [0.25, 0.3) is 0 Å². The summed E-state index contributed by atoms with van der Waals surface area (Å²) in [6, 6.07) is 3.82. The Balaban J connectivity index is 3.20. The van der Waals surface area contributed by atoms with Crippen LogP contribution >= 0.6 is 0 Å². The largest absolute Gasteiger partial charge is 0.465 e. The first-order valence-corrected chi connectivity index (χ1v) is 6.09. The van der Waals surface area contributed by atoms with Crippen LogP contribution in [0.1, 0.15) is 30.6 Å². The number of amides is 1. The van der Waals surface area contributed by atoms with Crippen LogP contribution in [0.2, 0.25) is 0 Å². The lowest BCUT2D eigenvalue weighted by Gasteiger charge is -2.26. The van der Waals surface area contributed by atoms with Crippen molar-refractivity contribution in [2.45, 2.75) is 25.8 Å². The van der Waals surface area contributed by atoms with Crippen molar-refractivity contribution in [2.24, 2.45) is 5.73 Å². The van der Waals surface area contributed by atoms with E-state index in [1.54, 1.807) is 13.8 Å². The van der Waals surface area contributed by atoms with Crippen molar-refractivity contribution in [2.75, 3.05) is 12.4 Å². The fourth-order valence-corrected chi connectivity index (χ4v) is 1.88. The number of ether oxygens (including phenoxy) is 1. The SMILES string of the molecule is COC(=O)c1ccc([N+](=O)[O-])c(NC(C)(C)CC(N)=O)c1. The van der Waals surface area contributed by atoms with Crippen LogP contribution in [0.3, 0.4) is 0 Å². The van der Waals surface area contributed by atoms with Gasteiger partial charge in [0.25, 0.3) is 5.69 Å². The second-order valence-corrected chi connectivity index (χ2v) is 5.13. The molecule has 114 valence electrons. The van der Waals surface area contributed by atoms with Gasteiger partial charge < -0.3 is 15.8 Å². The monoisotopic (exact) mass is 295 g/mol. The van der Waals surface area contributed by atoms with Gasteiger partial charge in [-0.1, -0.05) is 0 Å². The molecule has 8 nitrogen and oxygen atoms in total. The molecule has 21 heavy (non-hydrogen) atoms. The molecule has 0 atom stereocenters. The van der Waals surface area contributed by atoms with Crippen LogP contribution in [-0.4, -0.2) is 29.4 Å². The predicted molar refractivity (Wildman–Crippen MR) is 75.9 cm³/mol. The molecule has 0 saturated carbocycles. The van der Waals surface area contributed by atoms with Gasteiger partial charge in [0, 0.05) is 18.0 Å². The summed E-state index contributed by atoms with van der Waals surface area (Å²) < 4.78 is 4.58. The lowest BCUT2D eigenvalue weighted by molar-refractivity contribution is -0.384. The maximum Gasteiger partial charge on any atom is 0.337 e. The zero-order chi connectivity index (χ0) is 16.2. The number of hydrogen-bond acceptors (Lipinski definition) is 6. The number of nitro groups is 1. The van der Waals surface area contributed by atoms with Gasteiger partial charge in [-0.05, 0) is 26.0 Å². The molecule has 0 aliphatic carbocycles. The van der Waals surface area contributed by atoms with Crippen LogP contribution < -0.4 is 11.1 Å². The zero-order valence-electron chi connectivity index (χ0n) is 12.0. The van der Waals surface area contributed by atoms with E-state index >= 15 is 0 Å². The molecule has 1 aromatic carbocycles. The molecule has 0 spiro atoms. The molecular weight excluding hydrogens is 278 g/mol. The number of methoxy groups -OCH3 is 1. The predicted octanol–water partition coefficient (Wildman–Crippen LogP) is 1.45. The Hall–Kier alpha value is -2.64. The smallest absolute Gasteiger partial charge is 0.337 e. The van der Waals surface area contributed by atoms with Gasteiger partial charge in [-0.15, -0.1) is 0 Å². The van der Waals surface area contributed by atoms with Gasteiger partial charge in [-0.3, -0.25) is 14.9 Å². The third-order valence-corrected chi connectivity index (χ3v) is 2.70. The van der Waals surface area contributed by atoms with E-state index < -0.39 is 22.3 Å². The number of nitro benzene ring substituents is 1. The first kappa shape index (κ1) is 16.4. The molecular formula is C13H17N3O5. The van der Waals surface area contributed by atoms with Gasteiger partial charge in [-0.25, -0.2) is 4.79 Å². The minimum absolute atomic E-state index is 0.0212. The van der Waals surface area contributed by atoms with Crippen molar-refractivity contribution in [3.63, 3.8) is 0 Å². The summed E-state index contributed by atoms with van der Waals surface area (Å²) in [5.74, 6) is -1.15. The Bertz CT molecular complexity index is 583. The molecule has 1 aromatic rings. The summed E-state index contributed by atoms with van der Waals surface area (Å²) in [4.78, 5) is 33.0. The molecule has 3 N–H and O–H groups in total. The number of rotatable bonds is 6. The Kier molecular flexibility index (Phi) is 4.85. The van der Waals surface area contributed by atoms with Crippen molar-refractivity contribution in [3.05, 3.63) is 33.9 Å². The van der Waals surface area contributed by atoms with Crippen molar-refractivity contribution >= 4 is 23.3 Å². The molecule has 8 heteroatoms. The molecule has 0 bridgehead atoms. The summed E-state index contributed by atoms with van der Waals surface area (Å²) in [5, 5.41) is 13.9. The standard InChI is InChI=1S/C13H17N3O5/c1-13(2,7-11(14)17)15-9-6-8(12(18)21-3)4-5-10(9)16(19)20/h4-6,15H,7H2,1-3H3,(H2,14,17).